The number of carbonyl (C=O) groups is 2. The summed E-state index contributed by atoms with van der Waals surface area (Å²) >= 11 is 0. The molecule has 0 aromatic carbocycles. The molecule has 1 aliphatic carbocycles. The van der Waals surface area contributed by atoms with E-state index in [1.165, 1.54) is 7.11 Å². The quantitative estimate of drug-likeness (QED) is 0.546. The lowest BCUT2D eigenvalue weighted by Crippen LogP contribution is -2.30. The summed E-state index contributed by atoms with van der Waals surface area (Å²) in [4.78, 5) is 23.3. The zero-order chi connectivity index (χ0) is 12.9. The number of esters is 1. The second-order valence-corrected chi connectivity index (χ2v) is 4.94. The molecule has 0 heterocycles. The van der Waals surface area contributed by atoms with Crippen LogP contribution in [0.3, 0.4) is 0 Å². The van der Waals surface area contributed by atoms with Gasteiger partial charge in [-0.3, -0.25) is 9.59 Å². The maximum absolute atomic E-state index is 12.0. The predicted molar refractivity (Wildman–Crippen MR) is 66.5 cm³/mol. The van der Waals surface area contributed by atoms with Gasteiger partial charge in [-0.2, -0.15) is 0 Å². The fourth-order valence-electron chi connectivity index (χ4n) is 2.52. The molecule has 0 spiro atoms. The number of Topliss-reactive ketones (excluding diaryl/α,β-unsaturated/α-hetero) is 1. The van der Waals surface area contributed by atoms with Crippen LogP contribution in [0.5, 0.6) is 0 Å². The van der Waals surface area contributed by atoms with Crippen LogP contribution in [-0.2, 0) is 14.3 Å². The van der Waals surface area contributed by atoms with Crippen molar-refractivity contribution in [1.82, 2.24) is 0 Å². The minimum atomic E-state index is -0.375. The first kappa shape index (κ1) is 13.9. The lowest BCUT2D eigenvalue weighted by atomic mass is 9.74. The standard InChI is InChI=1S/C14H22O3/c1-4-5-6-9-14(2)11(7-8-12(14)15)10-13(16)17-3/h5-6,11H,4,7-10H2,1-3H3/b6-5-/t11-,14+/m1/s1. The number of hydrogen-bond acceptors (Lipinski definition) is 3. The second kappa shape index (κ2) is 5.99. The van der Waals surface area contributed by atoms with Crippen LogP contribution in [0, 0.1) is 11.3 Å². The molecule has 0 aromatic heterocycles. The number of ketones is 1. The lowest BCUT2D eigenvalue weighted by molar-refractivity contribution is -0.142. The molecule has 1 rings (SSSR count). The maximum atomic E-state index is 12.0. The molecule has 0 bridgehead atoms. The first-order valence-electron chi connectivity index (χ1n) is 6.29. The Kier molecular flexibility index (Phi) is 4.91. The molecule has 96 valence electrons. The van der Waals surface area contributed by atoms with E-state index in [1.54, 1.807) is 0 Å². The van der Waals surface area contributed by atoms with Gasteiger partial charge < -0.3 is 4.74 Å². The number of hydrogen-bond donors (Lipinski definition) is 0. The van der Waals surface area contributed by atoms with Crippen molar-refractivity contribution >= 4 is 11.8 Å². The first-order valence-corrected chi connectivity index (χ1v) is 6.29. The van der Waals surface area contributed by atoms with Crippen LogP contribution in [0.15, 0.2) is 12.2 Å². The number of allylic oxidation sites excluding steroid dienone is 2. The average Bonchev–Trinajstić information content (AvgIpc) is 2.58. The summed E-state index contributed by atoms with van der Waals surface area (Å²) in [7, 11) is 1.40. The van der Waals surface area contributed by atoms with Gasteiger partial charge in [0.2, 0.25) is 0 Å². The van der Waals surface area contributed by atoms with Gasteiger partial charge in [-0.25, -0.2) is 0 Å². The summed E-state index contributed by atoms with van der Waals surface area (Å²) in [5, 5.41) is 0. The summed E-state index contributed by atoms with van der Waals surface area (Å²) in [6, 6.07) is 0. The van der Waals surface area contributed by atoms with E-state index in [9.17, 15) is 9.59 Å². The van der Waals surface area contributed by atoms with Crippen molar-refractivity contribution in [1.29, 1.82) is 0 Å². The van der Waals surface area contributed by atoms with Gasteiger partial charge in [-0.05, 0) is 25.2 Å². The summed E-state index contributed by atoms with van der Waals surface area (Å²) in [5.74, 6) is 0.200. The smallest absolute Gasteiger partial charge is 0.305 e. The van der Waals surface area contributed by atoms with Gasteiger partial charge in [0, 0.05) is 18.3 Å². The molecule has 0 unspecified atom stereocenters. The largest absolute Gasteiger partial charge is 0.469 e. The fraction of sp³-hybridized carbons (Fsp3) is 0.714. The zero-order valence-corrected chi connectivity index (χ0v) is 11.0. The Morgan fingerprint density at radius 1 is 1.53 bits per heavy atom. The maximum Gasteiger partial charge on any atom is 0.305 e. The van der Waals surface area contributed by atoms with Crippen molar-refractivity contribution in [3.63, 3.8) is 0 Å². The molecule has 1 saturated carbocycles. The molecule has 3 heteroatoms. The van der Waals surface area contributed by atoms with Crippen LogP contribution >= 0.6 is 0 Å². The Morgan fingerprint density at radius 2 is 2.24 bits per heavy atom. The number of ether oxygens (including phenoxy) is 1. The van der Waals surface area contributed by atoms with Crippen LogP contribution in [0.25, 0.3) is 0 Å². The van der Waals surface area contributed by atoms with Crippen molar-refractivity contribution in [3.05, 3.63) is 12.2 Å². The molecule has 0 aliphatic heterocycles. The molecule has 0 radical (unpaired) electrons. The molecule has 2 atom stereocenters. The summed E-state index contributed by atoms with van der Waals surface area (Å²) < 4.78 is 4.70. The molecule has 1 aliphatic rings. The second-order valence-electron chi connectivity index (χ2n) is 4.94. The number of methoxy groups -OCH3 is 1. The van der Waals surface area contributed by atoms with E-state index < -0.39 is 0 Å². The number of rotatable bonds is 5. The molecule has 1 fully saturated rings. The highest BCUT2D eigenvalue weighted by Crippen LogP contribution is 2.45. The van der Waals surface area contributed by atoms with Crippen LogP contribution in [0.4, 0.5) is 0 Å². The van der Waals surface area contributed by atoms with E-state index in [0.717, 1.165) is 19.3 Å². The van der Waals surface area contributed by atoms with E-state index in [2.05, 4.69) is 19.1 Å². The predicted octanol–water partition coefficient (Wildman–Crippen LogP) is 2.89. The fourth-order valence-corrected chi connectivity index (χ4v) is 2.52. The topological polar surface area (TPSA) is 43.4 Å². The first-order chi connectivity index (χ1) is 8.04. The highest BCUT2D eigenvalue weighted by atomic mass is 16.5. The molecule has 3 nitrogen and oxygen atoms in total. The Morgan fingerprint density at radius 3 is 2.82 bits per heavy atom. The van der Waals surface area contributed by atoms with Gasteiger partial charge in [0.25, 0.3) is 0 Å². The van der Waals surface area contributed by atoms with Gasteiger partial charge in [0.15, 0.2) is 0 Å². The van der Waals surface area contributed by atoms with Crippen LogP contribution < -0.4 is 0 Å². The third-order valence-electron chi connectivity index (χ3n) is 3.84. The molecule has 17 heavy (non-hydrogen) atoms. The molecular weight excluding hydrogens is 216 g/mol. The molecule has 0 amide bonds. The normalized spacial score (nSPS) is 28.9. The highest BCUT2D eigenvalue weighted by Gasteiger charge is 2.45. The van der Waals surface area contributed by atoms with Crippen molar-refractivity contribution in [2.24, 2.45) is 11.3 Å². The number of carbonyl (C=O) groups excluding carboxylic acids is 2. The molecule has 0 saturated heterocycles. The monoisotopic (exact) mass is 238 g/mol. The molecular formula is C14H22O3. The summed E-state index contributed by atoms with van der Waals surface area (Å²) in [6.45, 7) is 4.05. The molecule has 0 aromatic rings. The lowest BCUT2D eigenvalue weighted by Gasteiger charge is -2.28. The van der Waals surface area contributed by atoms with Gasteiger partial charge in [-0.1, -0.05) is 26.0 Å². The average molecular weight is 238 g/mol. The van der Waals surface area contributed by atoms with E-state index >= 15 is 0 Å². The Labute approximate surface area is 103 Å². The van der Waals surface area contributed by atoms with E-state index in [1.807, 2.05) is 6.92 Å². The van der Waals surface area contributed by atoms with Crippen LogP contribution in [0.1, 0.15) is 46.0 Å². The Bertz CT molecular complexity index is 319. The van der Waals surface area contributed by atoms with E-state index in [4.69, 9.17) is 4.74 Å². The van der Waals surface area contributed by atoms with Crippen molar-refractivity contribution in [2.45, 2.75) is 46.0 Å². The van der Waals surface area contributed by atoms with Gasteiger partial charge in [-0.15, -0.1) is 0 Å². The Balaban J connectivity index is 2.72. The third kappa shape index (κ3) is 3.18. The molecule has 0 N–H and O–H groups in total. The van der Waals surface area contributed by atoms with E-state index in [-0.39, 0.29) is 23.1 Å². The third-order valence-corrected chi connectivity index (χ3v) is 3.84. The zero-order valence-electron chi connectivity index (χ0n) is 11.0. The minimum absolute atomic E-state index is 0.129. The highest BCUT2D eigenvalue weighted by molar-refractivity contribution is 5.88. The van der Waals surface area contributed by atoms with Crippen LogP contribution in [-0.4, -0.2) is 18.9 Å². The van der Waals surface area contributed by atoms with Crippen molar-refractivity contribution < 1.29 is 14.3 Å². The summed E-state index contributed by atoms with van der Waals surface area (Å²) in [6.07, 6.45) is 7.62. The van der Waals surface area contributed by atoms with Gasteiger partial charge in [0.05, 0.1) is 7.11 Å². The van der Waals surface area contributed by atoms with E-state index in [0.29, 0.717) is 12.8 Å². The van der Waals surface area contributed by atoms with Crippen molar-refractivity contribution in [3.8, 4) is 0 Å². The Hall–Kier alpha value is -1.12. The van der Waals surface area contributed by atoms with Crippen molar-refractivity contribution in [2.75, 3.05) is 7.11 Å². The summed E-state index contributed by atoms with van der Waals surface area (Å²) in [5.41, 5.74) is -0.375. The van der Waals surface area contributed by atoms with Gasteiger partial charge >= 0.3 is 5.97 Å². The SMILES string of the molecule is CC/C=C\C[C@]1(C)C(=O)CC[C@@H]1CC(=O)OC. The van der Waals surface area contributed by atoms with Gasteiger partial charge in [0.1, 0.15) is 5.78 Å². The van der Waals surface area contributed by atoms with Crippen LogP contribution in [0.2, 0.25) is 0 Å². The minimum Gasteiger partial charge on any atom is -0.469 e.